The van der Waals surface area contributed by atoms with Gasteiger partial charge in [0.05, 0.1) is 16.5 Å². The number of hydrogen-bond donors (Lipinski definition) is 2. The Labute approximate surface area is 168 Å². The number of non-ortho nitro benzene ring substituents is 1. The second kappa shape index (κ2) is 7.72. The molecule has 1 aliphatic heterocycles. The zero-order valence-corrected chi connectivity index (χ0v) is 15.4. The predicted octanol–water partition coefficient (Wildman–Crippen LogP) is 2.75. The van der Waals surface area contributed by atoms with Crippen molar-refractivity contribution in [2.75, 3.05) is 6.54 Å². The molecule has 0 spiro atoms. The first-order chi connectivity index (χ1) is 13.7. The number of rotatable bonds is 5. The lowest BCUT2D eigenvalue weighted by molar-refractivity contribution is -0.384. The summed E-state index contributed by atoms with van der Waals surface area (Å²) in [4.78, 5) is 47.3. The van der Waals surface area contributed by atoms with E-state index in [1.807, 2.05) is 0 Å². The Bertz CT molecular complexity index is 1050. The van der Waals surface area contributed by atoms with Crippen LogP contribution >= 0.6 is 11.6 Å². The second-order valence-electron chi connectivity index (χ2n) is 6.18. The van der Waals surface area contributed by atoms with Gasteiger partial charge in [-0.2, -0.15) is 0 Å². The third kappa shape index (κ3) is 3.81. The van der Waals surface area contributed by atoms with E-state index in [-0.39, 0.29) is 16.8 Å². The van der Waals surface area contributed by atoms with Crippen molar-refractivity contribution in [3.05, 3.63) is 80.4 Å². The molecule has 148 valence electrons. The molecule has 3 rings (SSSR count). The van der Waals surface area contributed by atoms with E-state index in [1.54, 1.807) is 0 Å². The molecular weight excluding hydrogens is 404 g/mol. The van der Waals surface area contributed by atoms with Crippen LogP contribution in [-0.4, -0.2) is 44.2 Å². The number of aliphatic hydroxyl groups excluding tert-OH is 1. The summed E-state index contributed by atoms with van der Waals surface area (Å²) in [5.41, 5.74) is -0.0873. The number of aliphatic carboxylic acids is 1. The number of carboxylic acids is 1. The molecule has 2 aromatic rings. The fourth-order valence-electron chi connectivity index (χ4n) is 3.08. The molecule has 1 heterocycles. The number of Topliss-reactive ketones (excluding diaryl/α,β-unsaturated/α-hetero) is 1. The van der Waals surface area contributed by atoms with E-state index in [1.165, 1.54) is 36.4 Å². The lowest BCUT2D eigenvalue weighted by Gasteiger charge is -2.23. The summed E-state index contributed by atoms with van der Waals surface area (Å²) in [5.74, 6) is -4.02. The molecule has 0 bridgehead atoms. The standard InChI is InChI=1S/C19H13ClN2O7/c20-12-5-1-10(2-6-12)16-15(18(26)19(27)21(16)9-14(23)24)17(25)11-3-7-13(8-4-11)22(28)29/h1-8,16,25H,9H2,(H,23,24)/b17-15+/t16-/m1/s1. The molecule has 1 amide bonds. The Hall–Kier alpha value is -3.72. The molecule has 29 heavy (non-hydrogen) atoms. The Morgan fingerprint density at radius 1 is 1.07 bits per heavy atom. The fourth-order valence-corrected chi connectivity index (χ4v) is 3.20. The van der Waals surface area contributed by atoms with E-state index in [0.717, 1.165) is 17.0 Å². The number of nitro benzene ring substituents is 1. The third-order valence-corrected chi connectivity index (χ3v) is 4.63. The lowest BCUT2D eigenvalue weighted by atomic mass is 9.95. The normalized spacial score (nSPS) is 18.1. The van der Waals surface area contributed by atoms with Crippen LogP contribution in [0.25, 0.3) is 5.76 Å². The molecule has 0 aromatic heterocycles. The number of benzene rings is 2. The van der Waals surface area contributed by atoms with E-state index in [2.05, 4.69) is 0 Å². The van der Waals surface area contributed by atoms with Crippen molar-refractivity contribution in [2.24, 2.45) is 0 Å². The van der Waals surface area contributed by atoms with E-state index < -0.39 is 40.9 Å². The van der Waals surface area contributed by atoms with Gasteiger partial charge in [-0.3, -0.25) is 24.5 Å². The van der Waals surface area contributed by atoms with Crippen LogP contribution in [-0.2, 0) is 14.4 Å². The highest BCUT2D eigenvalue weighted by Gasteiger charge is 2.46. The first-order valence-electron chi connectivity index (χ1n) is 8.21. The summed E-state index contributed by atoms with van der Waals surface area (Å²) >= 11 is 5.87. The SMILES string of the molecule is O=C(O)CN1C(=O)C(=O)/C(=C(/O)c2ccc([N+](=O)[O-])cc2)[C@H]1c1ccc(Cl)cc1. The van der Waals surface area contributed by atoms with Gasteiger partial charge in [0, 0.05) is 22.7 Å². The van der Waals surface area contributed by atoms with E-state index in [4.69, 9.17) is 16.7 Å². The van der Waals surface area contributed by atoms with Crippen LogP contribution in [0.5, 0.6) is 0 Å². The van der Waals surface area contributed by atoms with Crippen LogP contribution in [0.4, 0.5) is 5.69 Å². The van der Waals surface area contributed by atoms with Crippen molar-refractivity contribution in [1.82, 2.24) is 4.90 Å². The number of aliphatic hydroxyl groups is 1. The second-order valence-corrected chi connectivity index (χ2v) is 6.61. The van der Waals surface area contributed by atoms with Crippen molar-refractivity contribution in [1.29, 1.82) is 0 Å². The maximum atomic E-state index is 12.6. The van der Waals surface area contributed by atoms with Crippen molar-refractivity contribution in [3.63, 3.8) is 0 Å². The van der Waals surface area contributed by atoms with Crippen molar-refractivity contribution < 1.29 is 29.5 Å². The molecule has 1 atom stereocenters. The van der Waals surface area contributed by atoms with E-state index in [0.29, 0.717) is 10.6 Å². The number of hydrogen-bond acceptors (Lipinski definition) is 6. The number of carbonyl (C=O) groups is 3. The number of nitrogens with zero attached hydrogens (tertiary/aromatic N) is 2. The summed E-state index contributed by atoms with van der Waals surface area (Å²) in [6, 6.07) is 9.62. The molecule has 9 nitrogen and oxygen atoms in total. The van der Waals surface area contributed by atoms with Crippen LogP contribution in [0, 0.1) is 10.1 Å². The fraction of sp³-hybridized carbons (Fsp3) is 0.105. The smallest absolute Gasteiger partial charge is 0.323 e. The number of amides is 1. The van der Waals surface area contributed by atoms with Crippen LogP contribution < -0.4 is 0 Å². The summed E-state index contributed by atoms with van der Waals surface area (Å²) in [7, 11) is 0. The molecule has 1 saturated heterocycles. The highest BCUT2D eigenvalue weighted by Crippen LogP contribution is 2.39. The Morgan fingerprint density at radius 2 is 1.66 bits per heavy atom. The first kappa shape index (κ1) is 20.0. The molecule has 0 saturated carbocycles. The van der Waals surface area contributed by atoms with Gasteiger partial charge < -0.3 is 15.1 Å². The summed E-state index contributed by atoms with van der Waals surface area (Å²) in [6.45, 7) is -0.755. The van der Waals surface area contributed by atoms with Gasteiger partial charge in [0.25, 0.3) is 17.4 Å². The molecule has 1 fully saturated rings. The highest BCUT2D eigenvalue weighted by molar-refractivity contribution is 6.46. The minimum atomic E-state index is -1.33. The summed E-state index contributed by atoms with van der Waals surface area (Å²) in [5, 5.41) is 31.0. The van der Waals surface area contributed by atoms with Gasteiger partial charge >= 0.3 is 5.97 Å². The van der Waals surface area contributed by atoms with Crippen molar-refractivity contribution >= 4 is 40.7 Å². The Morgan fingerprint density at radius 3 is 2.17 bits per heavy atom. The Kier molecular flexibility index (Phi) is 5.33. The van der Waals surface area contributed by atoms with E-state index in [9.17, 15) is 29.6 Å². The van der Waals surface area contributed by atoms with Crippen molar-refractivity contribution in [2.45, 2.75) is 6.04 Å². The van der Waals surface area contributed by atoms with Gasteiger partial charge in [-0.15, -0.1) is 0 Å². The monoisotopic (exact) mass is 416 g/mol. The first-order valence-corrected chi connectivity index (χ1v) is 8.59. The molecule has 2 N–H and O–H groups in total. The average molecular weight is 417 g/mol. The Balaban J connectivity index is 2.16. The minimum absolute atomic E-state index is 0.0721. The molecule has 0 radical (unpaired) electrons. The number of carbonyl (C=O) groups excluding carboxylic acids is 2. The molecular formula is C19H13ClN2O7. The zero-order valence-electron chi connectivity index (χ0n) is 14.6. The predicted molar refractivity (Wildman–Crippen MR) is 101 cm³/mol. The molecule has 2 aromatic carbocycles. The van der Waals surface area contributed by atoms with Gasteiger partial charge in [-0.05, 0) is 29.8 Å². The highest BCUT2D eigenvalue weighted by atomic mass is 35.5. The quantitative estimate of drug-likeness (QED) is 0.251. The molecule has 0 aliphatic carbocycles. The van der Waals surface area contributed by atoms with Crippen LogP contribution in [0.2, 0.25) is 5.02 Å². The zero-order chi connectivity index (χ0) is 21.3. The van der Waals surface area contributed by atoms with Gasteiger partial charge in [0.2, 0.25) is 0 Å². The number of carboxylic acid groups (broad SMARTS) is 1. The largest absolute Gasteiger partial charge is 0.507 e. The summed E-state index contributed by atoms with van der Waals surface area (Å²) in [6.07, 6.45) is 0. The third-order valence-electron chi connectivity index (χ3n) is 4.38. The molecule has 0 unspecified atom stereocenters. The van der Waals surface area contributed by atoms with Crippen LogP contribution in [0.3, 0.4) is 0 Å². The maximum Gasteiger partial charge on any atom is 0.323 e. The van der Waals surface area contributed by atoms with Crippen molar-refractivity contribution in [3.8, 4) is 0 Å². The minimum Gasteiger partial charge on any atom is -0.507 e. The van der Waals surface area contributed by atoms with Gasteiger partial charge in [0.1, 0.15) is 12.3 Å². The molecule has 10 heteroatoms. The average Bonchev–Trinajstić information content (AvgIpc) is 2.92. The number of ketones is 1. The number of nitro groups is 1. The maximum absolute atomic E-state index is 12.6. The van der Waals surface area contributed by atoms with Gasteiger partial charge in [0.15, 0.2) is 0 Å². The summed E-state index contributed by atoms with van der Waals surface area (Å²) < 4.78 is 0. The molecule has 1 aliphatic rings. The van der Waals surface area contributed by atoms with Gasteiger partial charge in [-0.1, -0.05) is 23.7 Å². The van der Waals surface area contributed by atoms with Crippen LogP contribution in [0.15, 0.2) is 54.1 Å². The van der Waals surface area contributed by atoms with Gasteiger partial charge in [-0.25, -0.2) is 0 Å². The lowest BCUT2D eigenvalue weighted by Crippen LogP contribution is -2.34. The number of halogens is 1. The van der Waals surface area contributed by atoms with Crippen LogP contribution in [0.1, 0.15) is 17.2 Å². The number of likely N-dealkylation sites (tertiary alicyclic amines) is 1. The topological polar surface area (TPSA) is 138 Å². The van der Waals surface area contributed by atoms with E-state index >= 15 is 0 Å².